The average molecular weight is 280 g/mol. The monoisotopic (exact) mass is 280 g/mol. The van der Waals surface area contributed by atoms with E-state index < -0.39 is 0 Å². The van der Waals surface area contributed by atoms with E-state index in [0.717, 1.165) is 29.5 Å². The van der Waals surface area contributed by atoms with Crippen LogP contribution in [-0.2, 0) is 4.79 Å². The minimum absolute atomic E-state index is 0.0344. The third kappa shape index (κ3) is 4.44. The maximum Gasteiger partial charge on any atom is 0.226 e. The minimum Gasteiger partial charge on any atom is -0.492 e. The summed E-state index contributed by atoms with van der Waals surface area (Å²) in [5, 5.41) is 6.29. The molecule has 2 N–H and O–H groups in total. The molecule has 0 aromatic heterocycles. The van der Waals surface area contributed by atoms with Crippen molar-refractivity contribution in [1.82, 2.24) is 5.32 Å². The highest BCUT2D eigenvalue weighted by atomic mass is 32.2. The lowest BCUT2D eigenvalue weighted by Gasteiger charge is -2.22. The summed E-state index contributed by atoms with van der Waals surface area (Å²) in [5.74, 6) is 2.89. The first-order valence-corrected chi connectivity index (χ1v) is 7.78. The van der Waals surface area contributed by atoms with Crippen molar-refractivity contribution in [3.05, 3.63) is 24.3 Å². The molecule has 1 atom stereocenters. The van der Waals surface area contributed by atoms with Gasteiger partial charge in [-0.05, 0) is 19.1 Å². The van der Waals surface area contributed by atoms with E-state index in [2.05, 4.69) is 10.6 Å². The molecule has 1 aliphatic heterocycles. The van der Waals surface area contributed by atoms with E-state index >= 15 is 0 Å². The number of ether oxygens (including phenoxy) is 1. The molecule has 5 heteroatoms. The van der Waals surface area contributed by atoms with Crippen LogP contribution in [0.3, 0.4) is 0 Å². The predicted octanol–water partition coefficient (Wildman–Crippen LogP) is 2.12. The van der Waals surface area contributed by atoms with Gasteiger partial charge in [-0.25, -0.2) is 0 Å². The highest BCUT2D eigenvalue weighted by Gasteiger charge is 2.17. The number of para-hydroxylation sites is 2. The zero-order valence-corrected chi connectivity index (χ0v) is 12.0. The summed E-state index contributed by atoms with van der Waals surface area (Å²) in [5.41, 5.74) is 0.748. The minimum atomic E-state index is 0.0344. The quantitative estimate of drug-likeness (QED) is 0.867. The van der Waals surface area contributed by atoms with Crippen molar-refractivity contribution < 1.29 is 9.53 Å². The maximum atomic E-state index is 12.0. The molecule has 1 aliphatic rings. The smallest absolute Gasteiger partial charge is 0.226 e. The van der Waals surface area contributed by atoms with E-state index in [1.165, 1.54) is 0 Å². The van der Waals surface area contributed by atoms with Gasteiger partial charge in [0.05, 0.1) is 12.3 Å². The molecule has 1 fully saturated rings. The lowest BCUT2D eigenvalue weighted by atomic mass is 10.2. The van der Waals surface area contributed by atoms with Gasteiger partial charge in [-0.1, -0.05) is 12.1 Å². The summed E-state index contributed by atoms with van der Waals surface area (Å²) in [7, 11) is 0. The van der Waals surface area contributed by atoms with Gasteiger partial charge in [-0.3, -0.25) is 4.79 Å². The lowest BCUT2D eigenvalue weighted by Crippen LogP contribution is -2.39. The van der Waals surface area contributed by atoms with E-state index in [4.69, 9.17) is 4.74 Å². The fraction of sp³-hybridized carbons (Fsp3) is 0.500. The molecule has 1 aromatic rings. The highest BCUT2D eigenvalue weighted by Crippen LogP contribution is 2.24. The van der Waals surface area contributed by atoms with Gasteiger partial charge in [-0.2, -0.15) is 11.8 Å². The summed E-state index contributed by atoms with van der Waals surface area (Å²) in [6, 6.07) is 7.81. The number of amides is 1. The van der Waals surface area contributed by atoms with Crippen LogP contribution in [0.5, 0.6) is 5.75 Å². The zero-order valence-electron chi connectivity index (χ0n) is 11.1. The maximum absolute atomic E-state index is 12.0. The van der Waals surface area contributed by atoms with Gasteiger partial charge in [0.1, 0.15) is 5.75 Å². The van der Waals surface area contributed by atoms with Gasteiger partial charge >= 0.3 is 0 Å². The van der Waals surface area contributed by atoms with Crippen LogP contribution in [0.1, 0.15) is 13.3 Å². The normalized spacial score (nSPS) is 18.9. The second-order valence-corrected chi connectivity index (χ2v) is 5.56. The van der Waals surface area contributed by atoms with Gasteiger partial charge < -0.3 is 15.4 Å². The summed E-state index contributed by atoms with van der Waals surface area (Å²) in [6.07, 6.45) is 0.507. The number of hydrogen-bond donors (Lipinski definition) is 2. The Morgan fingerprint density at radius 2 is 2.37 bits per heavy atom. The topological polar surface area (TPSA) is 50.4 Å². The second kappa shape index (κ2) is 7.40. The van der Waals surface area contributed by atoms with Crippen molar-refractivity contribution in [3.63, 3.8) is 0 Å². The molecular weight excluding hydrogens is 260 g/mol. The molecule has 0 radical (unpaired) electrons. The molecule has 1 unspecified atom stereocenters. The van der Waals surface area contributed by atoms with Crippen LogP contribution in [-0.4, -0.2) is 36.6 Å². The number of rotatable bonds is 5. The number of nitrogens with one attached hydrogen (secondary N) is 2. The van der Waals surface area contributed by atoms with Crippen molar-refractivity contribution in [2.24, 2.45) is 0 Å². The zero-order chi connectivity index (χ0) is 13.5. The molecule has 104 valence electrons. The standard InChI is InChI=1S/C14H20N2O2S/c1-2-18-13-6-4-3-5-12(13)16-14(17)9-11-10-19-8-7-15-11/h3-6,11,15H,2,7-10H2,1H3,(H,16,17). The first kappa shape index (κ1) is 14.2. The number of carbonyl (C=O) groups is 1. The van der Waals surface area contributed by atoms with Gasteiger partial charge in [0, 0.05) is 30.5 Å². The van der Waals surface area contributed by atoms with Gasteiger partial charge in [0.25, 0.3) is 0 Å². The first-order chi connectivity index (χ1) is 9.29. The third-order valence-corrected chi connectivity index (χ3v) is 4.02. The number of anilines is 1. The molecule has 0 bridgehead atoms. The Morgan fingerprint density at radius 3 is 3.11 bits per heavy atom. The molecule has 1 heterocycles. The predicted molar refractivity (Wildman–Crippen MR) is 80.0 cm³/mol. The lowest BCUT2D eigenvalue weighted by molar-refractivity contribution is -0.116. The molecule has 4 nitrogen and oxygen atoms in total. The molecule has 1 saturated heterocycles. The van der Waals surface area contributed by atoms with Crippen molar-refractivity contribution >= 4 is 23.4 Å². The van der Waals surface area contributed by atoms with Crippen molar-refractivity contribution in [2.45, 2.75) is 19.4 Å². The molecule has 0 saturated carbocycles. The summed E-state index contributed by atoms with van der Waals surface area (Å²) >= 11 is 1.90. The SMILES string of the molecule is CCOc1ccccc1NC(=O)CC1CSCCN1. The Labute approximate surface area is 118 Å². The molecule has 1 aromatic carbocycles. The summed E-state index contributed by atoms with van der Waals surface area (Å²) < 4.78 is 5.49. The van der Waals surface area contributed by atoms with Crippen LogP contribution in [0, 0.1) is 0 Å². The van der Waals surface area contributed by atoms with E-state index in [1.807, 2.05) is 43.0 Å². The Morgan fingerprint density at radius 1 is 1.53 bits per heavy atom. The molecule has 19 heavy (non-hydrogen) atoms. The van der Waals surface area contributed by atoms with Crippen molar-refractivity contribution in [2.75, 3.05) is 30.0 Å². The van der Waals surface area contributed by atoms with Crippen molar-refractivity contribution in [3.8, 4) is 5.75 Å². The van der Waals surface area contributed by atoms with Crippen LogP contribution in [0.25, 0.3) is 0 Å². The van der Waals surface area contributed by atoms with Gasteiger partial charge in [0.2, 0.25) is 5.91 Å². The number of benzene rings is 1. The van der Waals surface area contributed by atoms with Crippen LogP contribution in [0.4, 0.5) is 5.69 Å². The van der Waals surface area contributed by atoms with Gasteiger partial charge in [0.15, 0.2) is 0 Å². The molecule has 0 aliphatic carbocycles. The van der Waals surface area contributed by atoms with Crippen molar-refractivity contribution in [1.29, 1.82) is 0 Å². The Balaban J connectivity index is 1.90. The van der Waals surface area contributed by atoms with E-state index in [1.54, 1.807) is 0 Å². The van der Waals surface area contributed by atoms with Crippen LogP contribution in [0.15, 0.2) is 24.3 Å². The van der Waals surface area contributed by atoms with E-state index in [9.17, 15) is 4.79 Å². The molecule has 0 spiro atoms. The number of hydrogen-bond acceptors (Lipinski definition) is 4. The van der Waals surface area contributed by atoms with Crippen LogP contribution >= 0.6 is 11.8 Å². The average Bonchev–Trinajstić information content (AvgIpc) is 2.42. The Hall–Kier alpha value is -1.20. The molecule has 1 amide bonds. The fourth-order valence-electron chi connectivity index (χ4n) is 2.03. The van der Waals surface area contributed by atoms with Crippen LogP contribution in [0.2, 0.25) is 0 Å². The Kier molecular flexibility index (Phi) is 5.54. The fourth-order valence-corrected chi connectivity index (χ4v) is 2.98. The summed E-state index contributed by atoms with van der Waals surface area (Å²) in [4.78, 5) is 12.0. The summed E-state index contributed by atoms with van der Waals surface area (Å²) in [6.45, 7) is 3.51. The number of carbonyl (C=O) groups excluding carboxylic acids is 1. The highest BCUT2D eigenvalue weighted by molar-refractivity contribution is 7.99. The molecular formula is C14H20N2O2S. The largest absolute Gasteiger partial charge is 0.492 e. The second-order valence-electron chi connectivity index (χ2n) is 4.41. The number of thioether (sulfide) groups is 1. The molecule has 2 rings (SSSR count). The Bertz CT molecular complexity index is 420. The third-order valence-electron chi connectivity index (χ3n) is 2.89. The van der Waals surface area contributed by atoms with Gasteiger partial charge in [-0.15, -0.1) is 0 Å². The first-order valence-electron chi connectivity index (χ1n) is 6.62. The van der Waals surface area contributed by atoms with Crippen LogP contribution < -0.4 is 15.4 Å². The van der Waals surface area contributed by atoms with E-state index in [-0.39, 0.29) is 11.9 Å². The van der Waals surface area contributed by atoms with E-state index in [0.29, 0.717) is 13.0 Å².